The molecule has 1 N–H and O–H groups in total. The lowest BCUT2D eigenvalue weighted by atomic mass is 9.89. The normalized spacial score (nSPS) is 21.6. The highest BCUT2D eigenvalue weighted by Gasteiger charge is 2.39. The predicted molar refractivity (Wildman–Crippen MR) is 99.1 cm³/mol. The molecule has 5 rings (SSSR count). The Hall–Kier alpha value is -2.93. The molecule has 138 valence electrons. The van der Waals surface area contributed by atoms with E-state index in [1.165, 1.54) is 5.56 Å². The quantitative estimate of drug-likeness (QED) is 0.770. The van der Waals surface area contributed by atoms with Crippen LogP contribution in [0.5, 0.6) is 0 Å². The van der Waals surface area contributed by atoms with Crippen molar-refractivity contribution in [3.05, 3.63) is 66.1 Å². The van der Waals surface area contributed by atoms with Crippen LogP contribution in [-0.4, -0.2) is 38.7 Å². The molecule has 0 radical (unpaired) electrons. The van der Waals surface area contributed by atoms with Crippen molar-refractivity contribution in [1.82, 2.24) is 19.7 Å². The monoisotopic (exact) mass is 363 g/mol. The van der Waals surface area contributed by atoms with Crippen LogP contribution in [0, 0.1) is 11.8 Å². The number of amides is 1. The molecule has 7 heteroatoms. The zero-order valence-corrected chi connectivity index (χ0v) is 14.9. The molecule has 1 amide bonds. The Morgan fingerprint density at radius 1 is 1.11 bits per heavy atom. The molecule has 3 aromatic rings. The number of nitrogens with zero attached hydrogens (tertiary/aromatic N) is 4. The highest BCUT2D eigenvalue weighted by Crippen LogP contribution is 2.33. The second kappa shape index (κ2) is 6.66. The molecule has 2 unspecified atom stereocenters. The number of benzene rings is 1. The Balaban J connectivity index is 1.30. The van der Waals surface area contributed by atoms with E-state index in [1.807, 2.05) is 47.2 Å². The Labute approximate surface area is 157 Å². The van der Waals surface area contributed by atoms with Gasteiger partial charge in [-0.15, -0.1) is 10.2 Å². The first-order valence-corrected chi connectivity index (χ1v) is 9.28. The Bertz CT molecular complexity index is 935. The van der Waals surface area contributed by atoms with Crippen molar-refractivity contribution in [1.29, 1.82) is 0 Å². The average molecular weight is 363 g/mol. The molecule has 4 heterocycles. The van der Waals surface area contributed by atoms with Crippen molar-refractivity contribution < 1.29 is 9.21 Å². The molecule has 1 fully saturated rings. The Kier molecular flexibility index (Phi) is 4.01. The summed E-state index contributed by atoms with van der Waals surface area (Å²) in [5.41, 5.74) is 1.97. The number of furan rings is 1. The molecule has 1 saturated heterocycles. The van der Waals surface area contributed by atoms with Crippen molar-refractivity contribution in [2.24, 2.45) is 11.8 Å². The van der Waals surface area contributed by atoms with Gasteiger partial charge in [0.05, 0.1) is 12.5 Å². The summed E-state index contributed by atoms with van der Waals surface area (Å²) in [6.07, 6.45) is 4.40. The second-order valence-corrected chi connectivity index (χ2v) is 7.42. The van der Waals surface area contributed by atoms with Gasteiger partial charge >= 0.3 is 0 Å². The van der Waals surface area contributed by atoms with E-state index in [0.717, 1.165) is 44.1 Å². The smallest absolute Gasteiger partial charge is 0.293 e. The zero-order valence-electron chi connectivity index (χ0n) is 14.9. The van der Waals surface area contributed by atoms with Crippen molar-refractivity contribution in [3.63, 3.8) is 0 Å². The van der Waals surface area contributed by atoms with E-state index in [-0.39, 0.29) is 5.91 Å². The van der Waals surface area contributed by atoms with Crippen LogP contribution in [0.1, 0.15) is 22.0 Å². The van der Waals surface area contributed by atoms with Gasteiger partial charge in [-0.05, 0) is 30.0 Å². The van der Waals surface area contributed by atoms with Gasteiger partial charge in [-0.3, -0.25) is 9.69 Å². The summed E-state index contributed by atoms with van der Waals surface area (Å²) in [6, 6.07) is 11.5. The number of nitrogens with one attached hydrogen (secondary N) is 1. The highest BCUT2D eigenvalue weighted by atomic mass is 16.3. The summed E-state index contributed by atoms with van der Waals surface area (Å²) in [4.78, 5) is 15.1. The van der Waals surface area contributed by atoms with Crippen LogP contribution in [0.2, 0.25) is 0 Å². The van der Waals surface area contributed by atoms with E-state index >= 15 is 0 Å². The topological polar surface area (TPSA) is 76.2 Å². The van der Waals surface area contributed by atoms with E-state index in [0.29, 0.717) is 17.7 Å². The summed E-state index contributed by atoms with van der Waals surface area (Å²) in [7, 11) is 0. The van der Waals surface area contributed by atoms with E-state index in [2.05, 4.69) is 20.4 Å². The van der Waals surface area contributed by atoms with Gasteiger partial charge in [-0.25, -0.2) is 0 Å². The van der Waals surface area contributed by atoms with E-state index in [4.69, 9.17) is 4.42 Å². The van der Waals surface area contributed by atoms with Crippen LogP contribution in [0.3, 0.4) is 0 Å². The Morgan fingerprint density at radius 2 is 1.96 bits per heavy atom. The predicted octanol–water partition coefficient (Wildman–Crippen LogP) is 2.43. The van der Waals surface area contributed by atoms with Gasteiger partial charge in [0.2, 0.25) is 5.82 Å². The minimum atomic E-state index is -0.202. The van der Waals surface area contributed by atoms with Crippen molar-refractivity contribution in [3.8, 4) is 0 Å². The molecule has 2 aromatic heterocycles. The number of hydrogen-bond donors (Lipinski definition) is 1. The molecule has 1 aromatic carbocycles. The van der Waals surface area contributed by atoms with Crippen LogP contribution in [0.25, 0.3) is 0 Å². The standard InChI is InChI=1S/C20H21N5O2/c26-20(21-17-4-2-1-3-5-17)19-23-22-18-8-15-10-24(9-14-6-7-27-13-14)11-16(15)12-25(18)19/h1-7,13,15-16H,8-12H2,(H,21,26). The highest BCUT2D eigenvalue weighted by molar-refractivity contribution is 6.01. The number of anilines is 1. The van der Waals surface area contributed by atoms with Crippen LogP contribution in [0.15, 0.2) is 53.3 Å². The van der Waals surface area contributed by atoms with Gasteiger partial charge in [0, 0.05) is 43.9 Å². The number of hydrogen-bond acceptors (Lipinski definition) is 5. The molecular weight excluding hydrogens is 342 g/mol. The fourth-order valence-corrected chi connectivity index (χ4v) is 4.27. The van der Waals surface area contributed by atoms with E-state index in [9.17, 15) is 4.79 Å². The number of fused-ring (bicyclic) bond motifs is 2. The van der Waals surface area contributed by atoms with Gasteiger partial charge in [0.1, 0.15) is 5.82 Å². The van der Waals surface area contributed by atoms with Gasteiger partial charge in [0.25, 0.3) is 5.91 Å². The second-order valence-electron chi connectivity index (χ2n) is 7.42. The van der Waals surface area contributed by atoms with E-state index in [1.54, 1.807) is 6.26 Å². The molecule has 7 nitrogen and oxygen atoms in total. The lowest BCUT2D eigenvalue weighted by Gasteiger charge is -2.25. The maximum absolute atomic E-state index is 12.7. The first kappa shape index (κ1) is 16.3. The fraction of sp³-hybridized carbons (Fsp3) is 0.350. The minimum Gasteiger partial charge on any atom is -0.472 e. The average Bonchev–Trinajstić information content (AvgIpc) is 3.40. The summed E-state index contributed by atoms with van der Waals surface area (Å²) < 4.78 is 7.18. The molecular formula is C20H21N5O2. The molecule has 0 saturated carbocycles. The number of para-hydroxylation sites is 1. The van der Waals surface area contributed by atoms with Gasteiger partial charge < -0.3 is 14.3 Å². The molecule has 2 aliphatic rings. The molecule has 27 heavy (non-hydrogen) atoms. The molecule has 0 bridgehead atoms. The van der Waals surface area contributed by atoms with Crippen molar-refractivity contribution in [2.75, 3.05) is 18.4 Å². The number of carbonyl (C=O) groups excluding carboxylic acids is 1. The summed E-state index contributed by atoms with van der Waals surface area (Å²) >= 11 is 0. The number of rotatable bonds is 4. The number of aromatic nitrogens is 3. The molecule has 0 aliphatic carbocycles. The van der Waals surface area contributed by atoms with Crippen LogP contribution < -0.4 is 5.32 Å². The lowest BCUT2D eigenvalue weighted by Crippen LogP contribution is -2.31. The van der Waals surface area contributed by atoms with Crippen LogP contribution in [0.4, 0.5) is 5.69 Å². The minimum absolute atomic E-state index is 0.202. The maximum Gasteiger partial charge on any atom is 0.293 e. The summed E-state index contributed by atoms with van der Waals surface area (Å²) in [5, 5.41) is 11.4. The van der Waals surface area contributed by atoms with Crippen molar-refractivity contribution in [2.45, 2.75) is 19.5 Å². The van der Waals surface area contributed by atoms with Crippen LogP contribution in [-0.2, 0) is 19.5 Å². The van der Waals surface area contributed by atoms with Gasteiger partial charge in [-0.2, -0.15) is 0 Å². The largest absolute Gasteiger partial charge is 0.472 e. The zero-order chi connectivity index (χ0) is 18.2. The molecule has 2 aliphatic heterocycles. The molecule has 2 atom stereocenters. The number of likely N-dealkylation sites (tertiary alicyclic amines) is 1. The maximum atomic E-state index is 12.7. The third kappa shape index (κ3) is 3.14. The first-order chi connectivity index (χ1) is 13.3. The molecule has 0 spiro atoms. The third-order valence-electron chi connectivity index (χ3n) is 5.56. The van der Waals surface area contributed by atoms with Crippen LogP contribution >= 0.6 is 0 Å². The number of carbonyl (C=O) groups is 1. The SMILES string of the molecule is O=C(Nc1ccccc1)c1nnc2n1CC1CN(Cc3ccoc3)CC1C2. The first-order valence-electron chi connectivity index (χ1n) is 9.28. The summed E-state index contributed by atoms with van der Waals surface area (Å²) in [6.45, 7) is 3.78. The fourth-order valence-electron chi connectivity index (χ4n) is 4.27. The van der Waals surface area contributed by atoms with Gasteiger partial charge in [-0.1, -0.05) is 18.2 Å². The third-order valence-corrected chi connectivity index (χ3v) is 5.56. The van der Waals surface area contributed by atoms with Gasteiger partial charge in [0.15, 0.2) is 0 Å². The van der Waals surface area contributed by atoms with Crippen molar-refractivity contribution >= 4 is 11.6 Å². The van der Waals surface area contributed by atoms with E-state index < -0.39 is 0 Å². The lowest BCUT2D eigenvalue weighted by molar-refractivity contribution is 0.100. The summed E-state index contributed by atoms with van der Waals surface area (Å²) in [5.74, 6) is 2.20. The Morgan fingerprint density at radius 3 is 2.78 bits per heavy atom.